The van der Waals surface area contributed by atoms with Crippen molar-refractivity contribution in [3.05, 3.63) is 22.8 Å². The van der Waals surface area contributed by atoms with Gasteiger partial charge in [0.15, 0.2) is 0 Å². The van der Waals surface area contributed by atoms with Gasteiger partial charge in [-0.1, -0.05) is 0 Å². The second kappa shape index (κ2) is 4.07. The summed E-state index contributed by atoms with van der Waals surface area (Å²) < 4.78 is 66.6. The van der Waals surface area contributed by atoms with Gasteiger partial charge in [-0.2, -0.15) is 0 Å². The van der Waals surface area contributed by atoms with Crippen molar-refractivity contribution in [3.63, 3.8) is 0 Å². The van der Waals surface area contributed by atoms with E-state index in [1.807, 2.05) is 0 Å². The Balaban J connectivity index is 2.64. The number of pyridine rings is 1. The standard InChI is InChI=1S/C9H11BrN2O/c10-8-1-2-9(11-7-8)12-3-5-13-6-4-12/h1-2,7H,3-6H2/i3D2,4D2,5D2,6D2. The van der Waals surface area contributed by atoms with Crippen LogP contribution in [0.25, 0.3) is 0 Å². The van der Waals surface area contributed by atoms with E-state index in [1.165, 1.54) is 18.3 Å². The van der Waals surface area contributed by atoms with E-state index < -0.39 is 26.1 Å². The fraction of sp³-hybridized carbons (Fsp3) is 0.444. The van der Waals surface area contributed by atoms with Crippen LogP contribution in [0, 0.1) is 0 Å². The first kappa shape index (κ1) is 3.51. The molecule has 0 atom stereocenters. The fourth-order valence-corrected chi connectivity index (χ4v) is 1.04. The summed E-state index contributed by atoms with van der Waals surface area (Å²) in [6.45, 7) is -12.1. The number of rotatable bonds is 1. The molecule has 1 fully saturated rings. The zero-order chi connectivity index (χ0) is 16.3. The summed E-state index contributed by atoms with van der Waals surface area (Å²) in [7, 11) is 0. The number of hydrogen-bond donors (Lipinski definition) is 0. The van der Waals surface area contributed by atoms with Crippen molar-refractivity contribution < 1.29 is 15.7 Å². The zero-order valence-corrected chi connectivity index (χ0v) is 8.00. The van der Waals surface area contributed by atoms with Gasteiger partial charge >= 0.3 is 0 Å². The summed E-state index contributed by atoms with van der Waals surface area (Å²) >= 11 is 3.13. The molecule has 0 unspecified atom stereocenters. The lowest BCUT2D eigenvalue weighted by molar-refractivity contribution is 0.122. The van der Waals surface area contributed by atoms with Gasteiger partial charge in [-0.25, -0.2) is 4.98 Å². The minimum Gasteiger partial charge on any atom is -0.378 e. The van der Waals surface area contributed by atoms with Crippen LogP contribution < -0.4 is 4.90 Å². The van der Waals surface area contributed by atoms with Crippen LogP contribution in [0.1, 0.15) is 11.0 Å². The van der Waals surface area contributed by atoms with Gasteiger partial charge in [-0.05, 0) is 28.1 Å². The minimum absolute atomic E-state index is 0.246. The molecule has 0 spiro atoms. The monoisotopic (exact) mass is 250 g/mol. The Hall–Kier alpha value is -0.610. The summed E-state index contributed by atoms with van der Waals surface area (Å²) in [5.41, 5.74) is 0. The largest absolute Gasteiger partial charge is 0.378 e. The summed E-state index contributed by atoms with van der Waals surface area (Å²) in [4.78, 5) is 4.16. The average Bonchev–Trinajstić information content (AvgIpc) is 2.28. The van der Waals surface area contributed by atoms with Crippen LogP contribution in [0.4, 0.5) is 5.82 Å². The summed E-state index contributed by atoms with van der Waals surface area (Å²) in [6, 6.07) is 2.73. The molecular weight excluding hydrogens is 232 g/mol. The lowest BCUT2D eigenvalue weighted by Gasteiger charge is -2.27. The van der Waals surface area contributed by atoms with Crippen LogP contribution in [0.2, 0.25) is 0 Å². The Bertz CT molecular complexity index is 523. The highest BCUT2D eigenvalue weighted by Gasteiger charge is 2.11. The van der Waals surface area contributed by atoms with E-state index in [0.717, 1.165) is 0 Å². The highest BCUT2D eigenvalue weighted by atomic mass is 79.9. The molecular formula is C9H11BrN2O. The second-order valence-electron chi connectivity index (χ2n) is 2.20. The molecule has 0 aliphatic carbocycles. The van der Waals surface area contributed by atoms with Crippen LogP contribution in [-0.4, -0.2) is 31.1 Å². The van der Waals surface area contributed by atoms with Gasteiger partial charge in [0.1, 0.15) is 5.82 Å². The summed E-state index contributed by atoms with van der Waals surface area (Å²) in [5.74, 6) is -0.246. The van der Waals surface area contributed by atoms with E-state index in [4.69, 9.17) is 11.0 Å². The molecule has 1 aliphatic rings. The molecule has 0 amide bonds. The first-order valence-corrected chi connectivity index (χ1v) is 4.24. The highest BCUT2D eigenvalue weighted by Crippen LogP contribution is 2.15. The first-order valence-electron chi connectivity index (χ1n) is 7.45. The number of nitrogens with zero attached hydrogens (tertiary/aromatic N) is 2. The van der Waals surface area contributed by atoms with Crippen LogP contribution in [-0.2, 0) is 4.74 Å². The third kappa shape index (κ3) is 2.19. The minimum atomic E-state index is -3.07. The zero-order valence-electron chi connectivity index (χ0n) is 14.4. The van der Waals surface area contributed by atoms with Gasteiger partial charge in [0, 0.05) is 23.7 Å². The number of ether oxygens (including phenoxy) is 1. The van der Waals surface area contributed by atoms with Crippen LogP contribution in [0.3, 0.4) is 0 Å². The third-order valence-electron chi connectivity index (χ3n) is 1.36. The molecule has 1 aromatic heterocycles. The molecule has 70 valence electrons. The number of aromatic nitrogens is 1. The lowest BCUT2D eigenvalue weighted by Crippen LogP contribution is -2.36. The predicted octanol–water partition coefficient (Wildman–Crippen LogP) is 1.68. The molecule has 0 bridgehead atoms. The number of hydrogen-bond acceptors (Lipinski definition) is 3. The molecule has 0 aromatic carbocycles. The Labute approximate surface area is 97.1 Å². The molecule has 0 N–H and O–H groups in total. The SMILES string of the molecule is [2H]C1([2H])OC([2H])([2H])C([2H])([2H])N(c2ccc(Br)cn2)C1([2H])[2H]. The van der Waals surface area contributed by atoms with Gasteiger partial charge in [-0.3, -0.25) is 0 Å². The first-order chi connectivity index (χ1) is 9.33. The molecule has 0 saturated carbocycles. The topological polar surface area (TPSA) is 25.4 Å². The smallest absolute Gasteiger partial charge is 0.128 e. The molecule has 1 aliphatic heterocycles. The van der Waals surface area contributed by atoms with Crippen LogP contribution in [0.15, 0.2) is 22.8 Å². The van der Waals surface area contributed by atoms with Gasteiger partial charge in [-0.15, -0.1) is 0 Å². The van der Waals surface area contributed by atoms with Gasteiger partial charge in [0.05, 0.1) is 24.1 Å². The van der Waals surface area contributed by atoms with E-state index in [1.54, 1.807) is 0 Å². The second-order valence-corrected chi connectivity index (χ2v) is 3.12. The summed E-state index contributed by atoms with van der Waals surface area (Å²) in [5, 5.41) is 0. The van der Waals surface area contributed by atoms with E-state index in [2.05, 4.69) is 25.7 Å². The Morgan fingerprint density at radius 1 is 1.46 bits per heavy atom. The lowest BCUT2D eigenvalue weighted by atomic mass is 10.4. The average molecular weight is 251 g/mol. The molecule has 13 heavy (non-hydrogen) atoms. The molecule has 1 saturated heterocycles. The number of anilines is 1. The van der Waals surface area contributed by atoms with Crippen molar-refractivity contribution in [1.29, 1.82) is 0 Å². The summed E-state index contributed by atoms with van der Waals surface area (Å²) in [6.07, 6.45) is 1.28. The molecule has 0 radical (unpaired) electrons. The Kier molecular flexibility index (Phi) is 1.10. The Morgan fingerprint density at radius 2 is 2.23 bits per heavy atom. The van der Waals surface area contributed by atoms with Crippen molar-refractivity contribution in [3.8, 4) is 0 Å². The van der Waals surface area contributed by atoms with Crippen molar-refractivity contribution in [2.45, 2.75) is 0 Å². The van der Waals surface area contributed by atoms with E-state index in [-0.39, 0.29) is 5.82 Å². The van der Waals surface area contributed by atoms with Gasteiger partial charge < -0.3 is 9.64 Å². The maximum Gasteiger partial charge on any atom is 0.128 e. The van der Waals surface area contributed by atoms with Crippen molar-refractivity contribution in [1.82, 2.24) is 4.98 Å². The van der Waals surface area contributed by atoms with Crippen molar-refractivity contribution >= 4 is 21.7 Å². The van der Waals surface area contributed by atoms with Crippen molar-refractivity contribution in [2.24, 2.45) is 0 Å². The quantitative estimate of drug-likeness (QED) is 0.759. The normalized spacial score (nSPS) is 42.1. The Morgan fingerprint density at radius 3 is 2.85 bits per heavy atom. The predicted molar refractivity (Wildman–Crippen MR) is 55.0 cm³/mol. The number of halogens is 1. The molecule has 2 heterocycles. The van der Waals surface area contributed by atoms with E-state index >= 15 is 0 Å². The van der Waals surface area contributed by atoms with Gasteiger partial charge in [0.25, 0.3) is 0 Å². The van der Waals surface area contributed by atoms with Gasteiger partial charge in [0.2, 0.25) is 0 Å². The van der Waals surface area contributed by atoms with Crippen molar-refractivity contribution in [2.75, 3.05) is 31.0 Å². The maximum absolute atomic E-state index is 7.84. The van der Waals surface area contributed by atoms with Crippen LogP contribution in [0.5, 0.6) is 0 Å². The molecule has 4 heteroatoms. The molecule has 2 rings (SSSR count). The maximum atomic E-state index is 7.84. The van der Waals surface area contributed by atoms with E-state index in [0.29, 0.717) is 9.37 Å². The van der Waals surface area contributed by atoms with E-state index in [9.17, 15) is 0 Å². The van der Waals surface area contributed by atoms with Crippen LogP contribution >= 0.6 is 15.9 Å². The number of morpholine rings is 1. The third-order valence-corrected chi connectivity index (χ3v) is 1.83. The highest BCUT2D eigenvalue weighted by molar-refractivity contribution is 9.10. The fourth-order valence-electron chi connectivity index (χ4n) is 0.805. The molecule has 1 aromatic rings. The molecule has 3 nitrogen and oxygen atoms in total.